The highest BCUT2D eigenvalue weighted by Gasteiger charge is 2.12. The fourth-order valence-electron chi connectivity index (χ4n) is 2.11. The van der Waals surface area contributed by atoms with Crippen LogP contribution in [0.3, 0.4) is 0 Å². The molecule has 0 aliphatic carbocycles. The first-order chi connectivity index (χ1) is 9.08. The highest BCUT2D eigenvalue weighted by molar-refractivity contribution is 9.10. The molecule has 0 aliphatic heterocycles. The summed E-state index contributed by atoms with van der Waals surface area (Å²) in [5, 5.41) is 0.865. The Labute approximate surface area is 130 Å². The molecule has 0 saturated carbocycles. The quantitative estimate of drug-likeness (QED) is 0.599. The maximum Gasteiger partial charge on any atom is 0.124 e. The van der Waals surface area contributed by atoms with Crippen LogP contribution < -0.4 is 0 Å². The van der Waals surface area contributed by atoms with Crippen molar-refractivity contribution in [1.82, 2.24) is 0 Å². The predicted molar refractivity (Wildman–Crippen MR) is 85.5 cm³/mol. The second-order valence-electron chi connectivity index (χ2n) is 4.74. The average Bonchev–Trinajstić information content (AvgIpc) is 2.36. The van der Waals surface area contributed by atoms with Crippen molar-refractivity contribution in [1.29, 1.82) is 0 Å². The van der Waals surface area contributed by atoms with Gasteiger partial charge in [0.25, 0.3) is 0 Å². The van der Waals surface area contributed by atoms with Crippen LogP contribution in [0, 0.1) is 12.7 Å². The molecule has 0 aromatic heterocycles. The first kappa shape index (κ1) is 14.7. The SMILES string of the molecule is Cc1ccc(C(CBr)Cc2cc(F)cc(Br)c2)cc1. The molecular formula is C16H15Br2F. The molecule has 0 amide bonds. The van der Waals surface area contributed by atoms with Gasteiger partial charge in [-0.15, -0.1) is 0 Å². The topological polar surface area (TPSA) is 0 Å². The lowest BCUT2D eigenvalue weighted by atomic mass is 9.93. The monoisotopic (exact) mass is 384 g/mol. The molecule has 0 aliphatic rings. The lowest BCUT2D eigenvalue weighted by Crippen LogP contribution is -2.05. The van der Waals surface area contributed by atoms with Gasteiger partial charge in [0.1, 0.15) is 5.82 Å². The van der Waals surface area contributed by atoms with E-state index in [2.05, 4.69) is 63.0 Å². The molecule has 1 atom stereocenters. The summed E-state index contributed by atoms with van der Waals surface area (Å²) in [6.45, 7) is 2.08. The number of alkyl halides is 1. The van der Waals surface area contributed by atoms with Gasteiger partial charge in [0, 0.05) is 9.80 Å². The fourth-order valence-corrected chi connectivity index (χ4v) is 3.23. The third kappa shape index (κ3) is 4.15. The van der Waals surface area contributed by atoms with Crippen molar-refractivity contribution in [3.63, 3.8) is 0 Å². The predicted octanol–water partition coefficient (Wildman–Crippen LogP) is 5.62. The first-order valence-corrected chi connectivity index (χ1v) is 8.07. The molecule has 0 saturated heterocycles. The molecule has 100 valence electrons. The van der Waals surface area contributed by atoms with Crippen LogP contribution in [0.1, 0.15) is 22.6 Å². The van der Waals surface area contributed by atoms with E-state index >= 15 is 0 Å². The van der Waals surface area contributed by atoms with Crippen molar-refractivity contribution in [2.75, 3.05) is 5.33 Å². The van der Waals surface area contributed by atoms with E-state index < -0.39 is 0 Å². The summed E-state index contributed by atoms with van der Waals surface area (Å²) in [5.41, 5.74) is 3.55. The van der Waals surface area contributed by atoms with Gasteiger partial charge < -0.3 is 0 Å². The third-order valence-electron chi connectivity index (χ3n) is 3.14. The average molecular weight is 386 g/mol. The maximum absolute atomic E-state index is 13.4. The van der Waals surface area contributed by atoms with Crippen LogP contribution in [0.5, 0.6) is 0 Å². The molecule has 0 radical (unpaired) electrons. The summed E-state index contributed by atoms with van der Waals surface area (Å²) in [5.74, 6) is 0.163. The van der Waals surface area contributed by atoms with E-state index in [0.717, 1.165) is 21.8 Å². The highest BCUT2D eigenvalue weighted by Crippen LogP contribution is 2.25. The van der Waals surface area contributed by atoms with Gasteiger partial charge in [-0.3, -0.25) is 0 Å². The Hall–Kier alpha value is -0.670. The smallest absolute Gasteiger partial charge is 0.124 e. The van der Waals surface area contributed by atoms with Gasteiger partial charge in [-0.05, 0) is 48.6 Å². The zero-order chi connectivity index (χ0) is 13.8. The molecule has 0 fully saturated rings. The number of benzene rings is 2. The van der Waals surface area contributed by atoms with Crippen molar-refractivity contribution in [3.05, 3.63) is 69.4 Å². The van der Waals surface area contributed by atoms with Crippen molar-refractivity contribution in [2.24, 2.45) is 0 Å². The van der Waals surface area contributed by atoms with Crippen molar-refractivity contribution >= 4 is 31.9 Å². The van der Waals surface area contributed by atoms with E-state index in [1.165, 1.54) is 17.2 Å². The molecule has 19 heavy (non-hydrogen) atoms. The van der Waals surface area contributed by atoms with E-state index in [-0.39, 0.29) is 5.82 Å². The van der Waals surface area contributed by atoms with E-state index in [9.17, 15) is 4.39 Å². The van der Waals surface area contributed by atoms with Gasteiger partial charge in [0.2, 0.25) is 0 Å². The molecule has 1 unspecified atom stereocenters. The third-order valence-corrected chi connectivity index (χ3v) is 4.38. The summed E-state index contributed by atoms with van der Waals surface area (Å²) >= 11 is 6.90. The molecule has 0 heterocycles. The summed E-state index contributed by atoms with van der Waals surface area (Å²) in [6.07, 6.45) is 0.824. The van der Waals surface area contributed by atoms with Crippen LogP contribution in [0.25, 0.3) is 0 Å². The molecule has 0 bridgehead atoms. The van der Waals surface area contributed by atoms with Gasteiger partial charge in [-0.25, -0.2) is 4.39 Å². The Morgan fingerprint density at radius 1 is 1.11 bits per heavy atom. The minimum Gasteiger partial charge on any atom is -0.207 e. The van der Waals surface area contributed by atoms with E-state index in [0.29, 0.717) is 5.92 Å². The van der Waals surface area contributed by atoms with Crippen molar-refractivity contribution in [3.8, 4) is 0 Å². The Morgan fingerprint density at radius 3 is 2.37 bits per heavy atom. The van der Waals surface area contributed by atoms with Crippen LogP contribution in [0.2, 0.25) is 0 Å². The summed E-state index contributed by atoms with van der Waals surface area (Å²) in [4.78, 5) is 0. The van der Waals surface area contributed by atoms with Gasteiger partial charge in [0.15, 0.2) is 0 Å². The minimum absolute atomic E-state index is 0.193. The second kappa shape index (κ2) is 6.67. The van der Waals surface area contributed by atoms with Gasteiger partial charge in [-0.2, -0.15) is 0 Å². The van der Waals surface area contributed by atoms with Crippen molar-refractivity contribution in [2.45, 2.75) is 19.3 Å². The Balaban J connectivity index is 2.21. The summed E-state index contributed by atoms with van der Waals surface area (Å²) in [7, 11) is 0. The van der Waals surface area contributed by atoms with Gasteiger partial charge >= 0.3 is 0 Å². The Morgan fingerprint density at radius 2 is 1.79 bits per heavy atom. The molecule has 2 aromatic rings. The number of hydrogen-bond acceptors (Lipinski definition) is 0. The number of hydrogen-bond donors (Lipinski definition) is 0. The fraction of sp³-hybridized carbons (Fsp3) is 0.250. The molecule has 0 N–H and O–H groups in total. The Bertz CT molecular complexity index is 529. The maximum atomic E-state index is 13.4. The number of aryl methyl sites for hydroxylation is 1. The molecule has 2 rings (SSSR count). The van der Waals surface area contributed by atoms with Crippen molar-refractivity contribution < 1.29 is 4.39 Å². The molecule has 0 spiro atoms. The van der Waals surface area contributed by atoms with E-state index in [1.807, 2.05) is 6.07 Å². The zero-order valence-electron chi connectivity index (χ0n) is 10.7. The minimum atomic E-state index is -0.193. The normalized spacial score (nSPS) is 12.4. The second-order valence-corrected chi connectivity index (χ2v) is 6.31. The number of halogens is 3. The van der Waals surface area contributed by atoms with Gasteiger partial charge in [0.05, 0.1) is 0 Å². The molecular weight excluding hydrogens is 371 g/mol. The lowest BCUT2D eigenvalue weighted by molar-refractivity contribution is 0.622. The summed E-state index contributed by atoms with van der Waals surface area (Å²) in [6, 6.07) is 13.6. The number of rotatable bonds is 4. The largest absolute Gasteiger partial charge is 0.207 e. The van der Waals surface area contributed by atoms with Gasteiger partial charge in [-0.1, -0.05) is 61.7 Å². The van der Waals surface area contributed by atoms with Crippen LogP contribution in [0.15, 0.2) is 46.9 Å². The van der Waals surface area contributed by atoms with E-state index in [4.69, 9.17) is 0 Å². The standard InChI is InChI=1S/C16H15Br2F/c1-11-2-4-13(5-3-11)14(10-17)6-12-7-15(18)9-16(19)8-12/h2-5,7-9,14H,6,10H2,1H3. The van der Waals surface area contributed by atoms with E-state index in [1.54, 1.807) is 6.07 Å². The summed E-state index contributed by atoms with van der Waals surface area (Å²) < 4.78 is 14.2. The molecule has 2 aromatic carbocycles. The van der Waals surface area contributed by atoms with Crippen LogP contribution in [-0.4, -0.2) is 5.33 Å². The highest BCUT2D eigenvalue weighted by atomic mass is 79.9. The molecule has 0 nitrogen and oxygen atoms in total. The molecule has 3 heteroatoms. The zero-order valence-corrected chi connectivity index (χ0v) is 13.8. The van der Waals surface area contributed by atoms with Crippen LogP contribution in [-0.2, 0) is 6.42 Å². The Kier molecular flexibility index (Phi) is 5.17. The van der Waals surface area contributed by atoms with Crippen LogP contribution >= 0.6 is 31.9 Å². The first-order valence-electron chi connectivity index (χ1n) is 6.16. The van der Waals surface area contributed by atoms with Crippen LogP contribution in [0.4, 0.5) is 4.39 Å². The lowest BCUT2D eigenvalue weighted by Gasteiger charge is -2.15.